The van der Waals surface area contributed by atoms with Crippen LogP contribution in [-0.2, 0) is 14.4 Å². The van der Waals surface area contributed by atoms with E-state index in [1.165, 1.54) is 49.8 Å². The smallest absolute Gasteiger partial charge is 0.303 e. The Kier molecular flexibility index (Phi) is 17.3. The van der Waals surface area contributed by atoms with Crippen molar-refractivity contribution in [2.75, 3.05) is 13.1 Å². The second-order valence-corrected chi connectivity index (χ2v) is 7.91. The number of nitrogens with zero attached hydrogens (tertiary/aromatic N) is 1. The third-order valence-corrected chi connectivity index (χ3v) is 5.22. The number of terminal acetylenes is 2. The molecule has 0 saturated heterocycles. The fraction of sp³-hybridized carbons (Fsp3) is 0.720. The predicted octanol–water partition coefficient (Wildman–Crippen LogP) is 4.83. The van der Waals surface area contributed by atoms with Gasteiger partial charge in [-0.3, -0.25) is 14.4 Å². The normalized spacial score (nSPS) is 11.3. The molecule has 168 valence electrons. The van der Waals surface area contributed by atoms with Gasteiger partial charge in [0.15, 0.2) is 0 Å². The molecule has 5 heteroatoms. The van der Waals surface area contributed by atoms with Gasteiger partial charge in [-0.2, -0.15) is 0 Å². The molecule has 1 N–H and O–H groups in total. The number of Topliss-reactive ketones (excluding diaryl/α,β-unsaturated/α-hetero) is 1. The monoisotopic (exact) mass is 417 g/mol. The highest BCUT2D eigenvalue weighted by molar-refractivity contribution is 5.87. The van der Waals surface area contributed by atoms with Gasteiger partial charge in [0.25, 0.3) is 0 Å². The van der Waals surface area contributed by atoms with Crippen molar-refractivity contribution in [3.8, 4) is 24.7 Å². The Balaban J connectivity index is 4.32. The number of rotatable bonds is 19. The van der Waals surface area contributed by atoms with Crippen LogP contribution in [-0.4, -0.2) is 40.8 Å². The average molecular weight is 418 g/mol. The minimum Gasteiger partial charge on any atom is -0.481 e. The molecule has 0 spiro atoms. The molecule has 0 bridgehead atoms. The number of carboxylic acids is 1. The summed E-state index contributed by atoms with van der Waals surface area (Å²) in [5.74, 6) is 2.77. The zero-order valence-corrected chi connectivity index (χ0v) is 18.7. The van der Waals surface area contributed by atoms with Crippen LogP contribution >= 0.6 is 0 Å². The first-order chi connectivity index (χ1) is 14.5. The van der Waals surface area contributed by atoms with Gasteiger partial charge < -0.3 is 10.0 Å². The fourth-order valence-electron chi connectivity index (χ4n) is 3.49. The maximum absolute atomic E-state index is 12.7. The summed E-state index contributed by atoms with van der Waals surface area (Å²) in [5.41, 5.74) is 0. The number of carboxylic acid groups (broad SMARTS) is 1. The van der Waals surface area contributed by atoms with Gasteiger partial charge >= 0.3 is 5.97 Å². The lowest BCUT2D eigenvalue weighted by Gasteiger charge is -2.23. The van der Waals surface area contributed by atoms with Crippen LogP contribution in [0.5, 0.6) is 0 Å². The lowest BCUT2D eigenvalue weighted by Crippen LogP contribution is -2.38. The lowest BCUT2D eigenvalue weighted by molar-refractivity contribution is -0.140. The van der Waals surface area contributed by atoms with Crippen LogP contribution in [0.3, 0.4) is 0 Å². The van der Waals surface area contributed by atoms with Crippen LogP contribution < -0.4 is 0 Å². The summed E-state index contributed by atoms with van der Waals surface area (Å²) in [4.78, 5) is 37.3. The highest BCUT2D eigenvalue weighted by atomic mass is 16.4. The zero-order valence-electron chi connectivity index (χ0n) is 18.7. The highest BCUT2D eigenvalue weighted by Crippen LogP contribution is 2.18. The molecule has 0 saturated carbocycles. The third-order valence-electron chi connectivity index (χ3n) is 5.22. The fourth-order valence-corrected chi connectivity index (χ4v) is 3.49. The van der Waals surface area contributed by atoms with E-state index in [-0.39, 0.29) is 44.0 Å². The van der Waals surface area contributed by atoms with Crippen LogP contribution in [0, 0.1) is 30.6 Å². The van der Waals surface area contributed by atoms with E-state index in [9.17, 15) is 14.4 Å². The van der Waals surface area contributed by atoms with Gasteiger partial charge in [-0.05, 0) is 12.8 Å². The van der Waals surface area contributed by atoms with E-state index in [2.05, 4.69) is 18.8 Å². The van der Waals surface area contributed by atoms with E-state index in [4.69, 9.17) is 18.0 Å². The Morgan fingerprint density at radius 2 is 1.33 bits per heavy atom. The molecule has 0 unspecified atom stereocenters. The summed E-state index contributed by atoms with van der Waals surface area (Å²) in [6.45, 7) is 2.33. The quantitative estimate of drug-likeness (QED) is 0.241. The minimum atomic E-state index is -0.990. The number of hydrogen-bond acceptors (Lipinski definition) is 3. The van der Waals surface area contributed by atoms with Crippen LogP contribution in [0.1, 0.15) is 96.8 Å². The number of hydrogen-bond donors (Lipinski definition) is 1. The zero-order chi connectivity index (χ0) is 22.6. The highest BCUT2D eigenvalue weighted by Gasteiger charge is 2.26. The summed E-state index contributed by atoms with van der Waals surface area (Å²) in [6.07, 6.45) is 22.9. The van der Waals surface area contributed by atoms with Crippen molar-refractivity contribution in [2.24, 2.45) is 5.92 Å². The third kappa shape index (κ3) is 14.7. The average Bonchev–Trinajstić information content (AvgIpc) is 2.71. The molecule has 0 aliphatic heterocycles. The van der Waals surface area contributed by atoms with Crippen molar-refractivity contribution < 1.29 is 19.5 Å². The Hall–Kier alpha value is -2.27. The first-order valence-corrected chi connectivity index (χ1v) is 11.3. The van der Waals surface area contributed by atoms with Crippen molar-refractivity contribution in [1.29, 1.82) is 0 Å². The second-order valence-electron chi connectivity index (χ2n) is 7.91. The summed E-state index contributed by atoms with van der Waals surface area (Å²) in [6, 6.07) is 0. The van der Waals surface area contributed by atoms with Crippen LogP contribution in [0.15, 0.2) is 0 Å². The van der Waals surface area contributed by atoms with Gasteiger partial charge in [-0.25, -0.2) is 0 Å². The molecule has 0 aromatic rings. The molecule has 1 atom stereocenters. The molecule has 0 heterocycles. The largest absolute Gasteiger partial charge is 0.481 e. The van der Waals surface area contributed by atoms with Gasteiger partial charge in [0, 0.05) is 25.2 Å². The van der Waals surface area contributed by atoms with Crippen molar-refractivity contribution in [3.63, 3.8) is 0 Å². The van der Waals surface area contributed by atoms with E-state index in [1.54, 1.807) is 0 Å². The number of unbranched alkanes of at least 4 members (excludes halogenated alkanes) is 9. The van der Waals surface area contributed by atoms with Gasteiger partial charge in [0.05, 0.1) is 13.1 Å². The molecule has 0 radical (unpaired) electrons. The predicted molar refractivity (Wildman–Crippen MR) is 121 cm³/mol. The van der Waals surface area contributed by atoms with Crippen LogP contribution in [0.2, 0.25) is 0 Å². The van der Waals surface area contributed by atoms with Crippen molar-refractivity contribution in [3.05, 3.63) is 0 Å². The molecule has 5 nitrogen and oxygen atoms in total. The number of ketones is 1. The maximum Gasteiger partial charge on any atom is 0.303 e. The van der Waals surface area contributed by atoms with Crippen molar-refractivity contribution >= 4 is 17.7 Å². The molecular formula is C25H39NO4. The Bertz CT molecular complexity index is 569. The summed E-state index contributed by atoms with van der Waals surface area (Å²) >= 11 is 0. The molecule has 1 amide bonds. The van der Waals surface area contributed by atoms with Gasteiger partial charge in [-0.1, -0.05) is 76.6 Å². The Labute approximate surface area is 183 Å². The molecule has 0 aromatic carbocycles. The van der Waals surface area contributed by atoms with Gasteiger partial charge in [0.1, 0.15) is 5.78 Å². The first kappa shape index (κ1) is 27.7. The molecular weight excluding hydrogens is 378 g/mol. The summed E-state index contributed by atoms with van der Waals surface area (Å²) in [7, 11) is 0. The lowest BCUT2D eigenvalue weighted by atomic mass is 9.93. The van der Waals surface area contributed by atoms with E-state index in [1.807, 2.05) is 0 Å². The van der Waals surface area contributed by atoms with Crippen molar-refractivity contribution in [1.82, 2.24) is 4.90 Å². The number of carbonyl (C=O) groups is 3. The maximum atomic E-state index is 12.7. The molecule has 0 rings (SSSR count). The van der Waals surface area contributed by atoms with E-state index in [0.717, 1.165) is 19.3 Å². The van der Waals surface area contributed by atoms with Gasteiger partial charge in [0.2, 0.25) is 5.91 Å². The van der Waals surface area contributed by atoms with Crippen molar-refractivity contribution in [2.45, 2.75) is 96.8 Å². The molecule has 0 aliphatic carbocycles. The first-order valence-electron chi connectivity index (χ1n) is 11.3. The Morgan fingerprint density at radius 3 is 1.80 bits per heavy atom. The van der Waals surface area contributed by atoms with E-state index >= 15 is 0 Å². The topological polar surface area (TPSA) is 74.7 Å². The van der Waals surface area contributed by atoms with E-state index in [0.29, 0.717) is 6.42 Å². The number of carbonyl (C=O) groups excluding carboxylic acids is 2. The Morgan fingerprint density at radius 1 is 0.833 bits per heavy atom. The summed E-state index contributed by atoms with van der Waals surface area (Å²) in [5, 5.41) is 8.95. The molecule has 0 aliphatic rings. The second kappa shape index (κ2) is 18.7. The molecule has 0 fully saturated rings. The number of aliphatic carboxylic acids is 1. The van der Waals surface area contributed by atoms with E-state index < -0.39 is 11.9 Å². The van der Waals surface area contributed by atoms with Gasteiger partial charge in [-0.15, -0.1) is 12.8 Å². The standard InChI is InChI=1S/C25H39NO4/c1-4-7-8-9-10-11-12-13-14-15-16-23(27)21-22(17-18-24(28)29)25(30)26(19-5-2)20-6-3/h2-3,22H,4,7-21H2,1H3,(H,28,29)/t22-/m0/s1. The van der Waals surface area contributed by atoms with Crippen LogP contribution in [0.4, 0.5) is 0 Å². The number of amides is 1. The SMILES string of the molecule is C#CCN(CC#C)C(=O)[C@@H](CCC(=O)O)CC(=O)CCCCCCCCCCCC. The molecule has 30 heavy (non-hydrogen) atoms. The molecule has 0 aromatic heterocycles. The summed E-state index contributed by atoms with van der Waals surface area (Å²) < 4.78 is 0. The van der Waals surface area contributed by atoms with Crippen LogP contribution in [0.25, 0.3) is 0 Å². The minimum absolute atomic E-state index is 0.000306.